The van der Waals surface area contributed by atoms with Crippen LogP contribution in [0.25, 0.3) is 5.69 Å². The van der Waals surface area contributed by atoms with Gasteiger partial charge in [-0.1, -0.05) is 35.3 Å². The number of esters is 1. The maximum Gasteiger partial charge on any atom is 0.307 e. The van der Waals surface area contributed by atoms with Crippen molar-refractivity contribution in [1.82, 2.24) is 15.1 Å². The van der Waals surface area contributed by atoms with Crippen molar-refractivity contribution in [3.8, 4) is 5.69 Å². The number of ether oxygens (including phenoxy) is 1. The quantitative estimate of drug-likeness (QED) is 0.609. The standard InChI is InChI=1S/C20H17Cl2N3O3/c1-28-19(26)10-18(13-2-4-15(21)5-3-13)24-20(27)14-11-23-25(12-14)17-8-6-16(22)7-9-17/h2-9,11-12,18H,10H2,1H3,(H,24,27). The zero-order chi connectivity index (χ0) is 20.1. The third-order valence-corrected chi connectivity index (χ3v) is 4.62. The van der Waals surface area contributed by atoms with E-state index in [-0.39, 0.29) is 12.3 Å². The summed E-state index contributed by atoms with van der Waals surface area (Å²) in [5.41, 5.74) is 1.87. The summed E-state index contributed by atoms with van der Waals surface area (Å²) in [6, 6.07) is 13.4. The van der Waals surface area contributed by atoms with Crippen molar-refractivity contribution in [1.29, 1.82) is 0 Å². The van der Waals surface area contributed by atoms with Crippen LogP contribution < -0.4 is 5.32 Å². The molecule has 144 valence electrons. The molecular weight excluding hydrogens is 401 g/mol. The van der Waals surface area contributed by atoms with Crippen LogP contribution in [0.15, 0.2) is 60.9 Å². The van der Waals surface area contributed by atoms with Crippen LogP contribution in [0.3, 0.4) is 0 Å². The summed E-state index contributed by atoms with van der Waals surface area (Å²) in [5, 5.41) is 8.24. The maximum atomic E-state index is 12.7. The third kappa shape index (κ3) is 4.91. The lowest BCUT2D eigenvalue weighted by Gasteiger charge is -2.18. The minimum Gasteiger partial charge on any atom is -0.469 e. The molecule has 2 aromatic carbocycles. The van der Waals surface area contributed by atoms with E-state index in [2.05, 4.69) is 10.4 Å². The maximum absolute atomic E-state index is 12.7. The molecule has 0 fully saturated rings. The number of methoxy groups -OCH3 is 1. The van der Waals surface area contributed by atoms with Gasteiger partial charge in [0.2, 0.25) is 0 Å². The number of carbonyl (C=O) groups excluding carboxylic acids is 2. The number of hydrogen-bond donors (Lipinski definition) is 1. The Morgan fingerprint density at radius 2 is 1.68 bits per heavy atom. The fourth-order valence-corrected chi connectivity index (χ4v) is 2.87. The van der Waals surface area contributed by atoms with E-state index in [0.29, 0.717) is 15.6 Å². The second kappa shape index (κ2) is 8.91. The summed E-state index contributed by atoms with van der Waals surface area (Å²) in [4.78, 5) is 24.5. The number of carbonyl (C=O) groups is 2. The van der Waals surface area contributed by atoms with E-state index in [1.165, 1.54) is 13.3 Å². The van der Waals surface area contributed by atoms with Crippen molar-refractivity contribution in [2.45, 2.75) is 12.5 Å². The van der Waals surface area contributed by atoms with Crippen LogP contribution in [0.4, 0.5) is 0 Å². The average molecular weight is 418 g/mol. The molecule has 1 heterocycles. The zero-order valence-corrected chi connectivity index (χ0v) is 16.4. The number of halogens is 2. The topological polar surface area (TPSA) is 73.2 Å². The molecule has 0 spiro atoms. The van der Waals surface area contributed by atoms with Gasteiger partial charge in [0.25, 0.3) is 5.91 Å². The van der Waals surface area contributed by atoms with Crippen molar-refractivity contribution in [3.63, 3.8) is 0 Å². The number of hydrogen-bond acceptors (Lipinski definition) is 4. The van der Waals surface area contributed by atoms with Gasteiger partial charge in [-0.2, -0.15) is 5.10 Å². The molecule has 1 N–H and O–H groups in total. The number of nitrogens with one attached hydrogen (secondary N) is 1. The fourth-order valence-electron chi connectivity index (χ4n) is 2.61. The number of amides is 1. The minimum atomic E-state index is -0.559. The zero-order valence-electron chi connectivity index (χ0n) is 14.9. The molecule has 0 bridgehead atoms. The number of rotatable bonds is 6. The van der Waals surface area contributed by atoms with Gasteiger partial charge in [-0.05, 0) is 42.0 Å². The molecule has 6 nitrogen and oxygen atoms in total. The molecule has 0 aliphatic heterocycles. The number of nitrogens with zero attached hydrogens (tertiary/aromatic N) is 2. The summed E-state index contributed by atoms with van der Waals surface area (Å²) in [7, 11) is 1.30. The van der Waals surface area contributed by atoms with Gasteiger partial charge in [0.15, 0.2) is 0 Å². The van der Waals surface area contributed by atoms with E-state index in [0.717, 1.165) is 11.3 Å². The van der Waals surface area contributed by atoms with E-state index >= 15 is 0 Å². The summed E-state index contributed by atoms with van der Waals surface area (Å²) in [6.45, 7) is 0. The second-order valence-electron chi connectivity index (χ2n) is 6.01. The first-order valence-corrected chi connectivity index (χ1v) is 9.15. The molecule has 1 amide bonds. The SMILES string of the molecule is COC(=O)CC(NC(=O)c1cnn(-c2ccc(Cl)cc2)c1)c1ccc(Cl)cc1. The van der Waals surface area contributed by atoms with Crippen molar-refractivity contribution < 1.29 is 14.3 Å². The fraction of sp³-hybridized carbons (Fsp3) is 0.150. The predicted molar refractivity (Wildman–Crippen MR) is 107 cm³/mol. The van der Waals surface area contributed by atoms with Crippen LogP contribution in [0.5, 0.6) is 0 Å². The first-order valence-electron chi connectivity index (χ1n) is 8.40. The van der Waals surface area contributed by atoms with Gasteiger partial charge in [-0.15, -0.1) is 0 Å². The molecule has 0 saturated heterocycles. The summed E-state index contributed by atoms with van der Waals surface area (Å²) >= 11 is 11.8. The Morgan fingerprint density at radius 1 is 1.07 bits per heavy atom. The lowest BCUT2D eigenvalue weighted by molar-refractivity contribution is -0.141. The van der Waals surface area contributed by atoms with Gasteiger partial charge < -0.3 is 10.1 Å². The Morgan fingerprint density at radius 3 is 2.29 bits per heavy atom. The van der Waals surface area contributed by atoms with Gasteiger partial charge in [0.05, 0.1) is 37.0 Å². The Balaban J connectivity index is 1.78. The largest absolute Gasteiger partial charge is 0.469 e. The second-order valence-corrected chi connectivity index (χ2v) is 6.88. The molecular formula is C20H17Cl2N3O3. The van der Waals surface area contributed by atoms with Crippen molar-refractivity contribution in [2.24, 2.45) is 0 Å². The molecule has 0 aliphatic carbocycles. The third-order valence-electron chi connectivity index (χ3n) is 4.11. The first-order chi connectivity index (χ1) is 13.5. The molecule has 1 atom stereocenters. The van der Waals surface area contributed by atoms with E-state index in [9.17, 15) is 9.59 Å². The smallest absolute Gasteiger partial charge is 0.307 e. The molecule has 3 aromatic rings. The van der Waals surface area contributed by atoms with Gasteiger partial charge >= 0.3 is 5.97 Å². The number of aromatic nitrogens is 2. The molecule has 28 heavy (non-hydrogen) atoms. The molecule has 8 heteroatoms. The van der Waals surface area contributed by atoms with Gasteiger partial charge in [0, 0.05) is 16.2 Å². The Bertz CT molecular complexity index is 969. The van der Waals surface area contributed by atoms with Gasteiger partial charge in [0.1, 0.15) is 0 Å². The highest BCUT2D eigenvalue weighted by Crippen LogP contribution is 2.21. The normalized spacial score (nSPS) is 11.7. The van der Waals surface area contributed by atoms with E-state index in [1.54, 1.807) is 59.4 Å². The molecule has 1 aromatic heterocycles. The van der Waals surface area contributed by atoms with Crippen LogP contribution in [0.2, 0.25) is 10.0 Å². The highest BCUT2D eigenvalue weighted by atomic mass is 35.5. The van der Waals surface area contributed by atoms with Crippen molar-refractivity contribution in [3.05, 3.63) is 82.1 Å². The van der Waals surface area contributed by atoms with Crippen molar-refractivity contribution in [2.75, 3.05) is 7.11 Å². The highest BCUT2D eigenvalue weighted by Gasteiger charge is 2.20. The molecule has 3 rings (SSSR count). The molecule has 0 aliphatic rings. The van der Waals surface area contributed by atoms with Crippen LogP contribution in [0, 0.1) is 0 Å². The molecule has 1 unspecified atom stereocenters. The highest BCUT2D eigenvalue weighted by molar-refractivity contribution is 6.30. The first kappa shape index (κ1) is 19.9. The van der Waals surface area contributed by atoms with Crippen LogP contribution in [-0.2, 0) is 9.53 Å². The number of benzene rings is 2. The van der Waals surface area contributed by atoms with E-state index in [1.807, 2.05) is 0 Å². The summed E-state index contributed by atoms with van der Waals surface area (Å²) in [6.07, 6.45) is 3.06. The van der Waals surface area contributed by atoms with Crippen LogP contribution in [0.1, 0.15) is 28.4 Å². The Kier molecular flexibility index (Phi) is 6.34. The monoisotopic (exact) mass is 417 g/mol. The summed E-state index contributed by atoms with van der Waals surface area (Å²) < 4.78 is 6.31. The summed E-state index contributed by atoms with van der Waals surface area (Å²) in [5.74, 6) is -0.791. The lowest BCUT2D eigenvalue weighted by atomic mass is 10.0. The van der Waals surface area contributed by atoms with Gasteiger partial charge in [-0.25, -0.2) is 4.68 Å². The predicted octanol–water partition coefficient (Wildman–Crippen LogP) is 4.21. The average Bonchev–Trinajstić information content (AvgIpc) is 3.19. The van der Waals surface area contributed by atoms with Crippen molar-refractivity contribution >= 4 is 35.1 Å². The Labute approximate surface area is 172 Å². The molecule has 0 saturated carbocycles. The van der Waals surface area contributed by atoms with Crippen LogP contribution in [-0.4, -0.2) is 28.8 Å². The van der Waals surface area contributed by atoms with E-state index in [4.69, 9.17) is 27.9 Å². The minimum absolute atomic E-state index is 0.00477. The van der Waals surface area contributed by atoms with Gasteiger partial charge in [-0.3, -0.25) is 9.59 Å². The lowest BCUT2D eigenvalue weighted by Crippen LogP contribution is -2.30. The Hall–Kier alpha value is -2.83. The molecule has 0 radical (unpaired) electrons. The van der Waals surface area contributed by atoms with Crippen LogP contribution >= 0.6 is 23.2 Å². The van der Waals surface area contributed by atoms with E-state index < -0.39 is 12.0 Å².